The Balaban J connectivity index is 0.000000137. The maximum atomic E-state index is 2.41. The molecule has 2 heteroatoms. The number of para-hydroxylation sites is 2. The van der Waals surface area contributed by atoms with Gasteiger partial charge in [-0.15, -0.1) is 0 Å². The number of benzene rings is 18. The van der Waals surface area contributed by atoms with Gasteiger partial charge >= 0.3 is 0 Å². The average molecular weight is 1240 g/mol. The first-order chi connectivity index (χ1) is 48.5. The number of hydrogen-bond acceptors (Lipinski definition) is 0. The lowest BCUT2D eigenvalue weighted by molar-refractivity contribution is 1.18. The van der Waals surface area contributed by atoms with Gasteiger partial charge < -0.3 is 9.13 Å². The van der Waals surface area contributed by atoms with Crippen LogP contribution in [0.1, 0.15) is 0 Å². The van der Waals surface area contributed by atoms with E-state index in [0.29, 0.717) is 0 Å². The SMILES string of the molecule is c1ccc(-c2ccc(-n3c4ccccc4c4c5ccc(-c6ccc7cc(-c8ccc9ccccc9c8)ccc7c6)cc5ccc43)cc2)cc1.c1ccc(-c2ccc(-n3c4ccccc4c4c5ccc(-c6ccc7cc(-c8cccc9ccccc89)ccc7c6)cc5ccc43)cc2)cc1. The van der Waals surface area contributed by atoms with E-state index in [9.17, 15) is 0 Å². The Morgan fingerprint density at radius 2 is 0.449 bits per heavy atom. The van der Waals surface area contributed by atoms with Gasteiger partial charge in [-0.2, -0.15) is 0 Å². The summed E-state index contributed by atoms with van der Waals surface area (Å²) in [5.74, 6) is 0. The Labute approximate surface area is 568 Å². The first-order valence-corrected chi connectivity index (χ1v) is 33.8. The predicted molar refractivity (Wildman–Crippen MR) is 419 cm³/mol. The molecule has 2 aromatic heterocycles. The summed E-state index contributed by atoms with van der Waals surface area (Å²) in [5, 5.41) is 20.3. The molecule has 456 valence electrons. The number of hydrogen-bond donors (Lipinski definition) is 0. The maximum absolute atomic E-state index is 2.41. The Morgan fingerprint density at radius 3 is 0.918 bits per heavy atom. The fraction of sp³-hybridized carbons (Fsp3) is 0. The first kappa shape index (κ1) is 56.6. The van der Waals surface area contributed by atoms with Crippen molar-refractivity contribution in [2.24, 2.45) is 0 Å². The fourth-order valence-corrected chi connectivity index (χ4v) is 15.4. The summed E-state index contributed by atoms with van der Waals surface area (Å²) in [6.45, 7) is 0. The van der Waals surface area contributed by atoms with E-state index >= 15 is 0 Å². The fourth-order valence-electron chi connectivity index (χ4n) is 15.4. The van der Waals surface area contributed by atoms with Crippen LogP contribution < -0.4 is 0 Å². The number of rotatable bonds is 8. The van der Waals surface area contributed by atoms with E-state index < -0.39 is 0 Å². The Morgan fingerprint density at radius 1 is 0.143 bits per heavy atom. The van der Waals surface area contributed by atoms with Crippen LogP contribution in [0.4, 0.5) is 0 Å². The van der Waals surface area contributed by atoms with Gasteiger partial charge in [-0.05, 0) is 222 Å². The standard InChI is InChI=1S/2C48H31N/c1-2-9-32(10-3-1)33-21-25-41(26-22-33)49-46-16-7-6-14-45(46)48-44-27-23-38(31-40(44)24-28-47(48)49)35-17-18-37-30-39(20-19-36(37)29-35)43-15-8-12-34-11-4-5-13-42(34)43;1-2-8-32(9-3-1)34-20-24-43(25-21-34)49-46-13-7-6-12-45(46)48-44-26-22-41(31-42(44)23-27-47(48)49)40-19-18-38-29-37(16-17-39(38)30-40)36-15-14-33-10-4-5-11-35(33)28-36/h2*1-31H. The molecule has 0 aliphatic rings. The van der Waals surface area contributed by atoms with Crippen molar-refractivity contribution in [1.82, 2.24) is 9.13 Å². The van der Waals surface area contributed by atoms with Crippen LogP contribution in [0.2, 0.25) is 0 Å². The monoisotopic (exact) mass is 1240 g/mol. The summed E-state index contributed by atoms with van der Waals surface area (Å²) in [6.07, 6.45) is 0. The summed E-state index contributed by atoms with van der Waals surface area (Å²) in [4.78, 5) is 0. The molecule has 0 atom stereocenters. The molecule has 0 saturated heterocycles. The molecule has 0 saturated carbocycles. The van der Waals surface area contributed by atoms with Crippen LogP contribution in [0.5, 0.6) is 0 Å². The molecule has 20 rings (SSSR count). The zero-order valence-electron chi connectivity index (χ0n) is 53.7. The maximum Gasteiger partial charge on any atom is 0.0547 e. The van der Waals surface area contributed by atoms with Crippen LogP contribution in [0.25, 0.3) is 186 Å². The highest BCUT2D eigenvalue weighted by Gasteiger charge is 2.19. The summed E-state index contributed by atoms with van der Waals surface area (Å²) >= 11 is 0. The number of aromatic nitrogens is 2. The van der Waals surface area contributed by atoms with Crippen LogP contribution in [-0.2, 0) is 0 Å². The molecule has 18 aromatic carbocycles. The molecule has 0 radical (unpaired) electrons. The first-order valence-electron chi connectivity index (χ1n) is 33.8. The predicted octanol–water partition coefficient (Wildman–Crippen LogP) is 26.5. The van der Waals surface area contributed by atoms with Gasteiger partial charge in [-0.1, -0.05) is 285 Å². The highest BCUT2D eigenvalue weighted by atomic mass is 15.0. The van der Waals surface area contributed by atoms with Crippen molar-refractivity contribution in [3.63, 3.8) is 0 Å². The summed E-state index contributed by atoms with van der Waals surface area (Å²) < 4.78 is 4.81. The van der Waals surface area contributed by atoms with Gasteiger partial charge in [0.1, 0.15) is 0 Å². The Hall–Kier alpha value is -12.9. The molecule has 0 spiro atoms. The highest BCUT2D eigenvalue weighted by molar-refractivity contribution is 6.23. The molecule has 0 fully saturated rings. The molecule has 0 aliphatic heterocycles. The third-order valence-electron chi connectivity index (χ3n) is 20.3. The largest absolute Gasteiger partial charge is 0.309 e. The van der Waals surface area contributed by atoms with Crippen LogP contribution in [0.3, 0.4) is 0 Å². The lowest BCUT2D eigenvalue weighted by Crippen LogP contribution is -1.93. The van der Waals surface area contributed by atoms with Crippen LogP contribution >= 0.6 is 0 Å². The molecule has 20 aromatic rings. The van der Waals surface area contributed by atoms with Crippen molar-refractivity contribution in [3.8, 4) is 78.1 Å². The summed E-state index contributed by atoms with van der Waals surface area (Å²) in [6, 6.07) is 137. The van der Waals surface area contributed by atoms with Crippen LogP contribution in [0, 0.1) is 0 Å². The van der Waals surface area contributed by atoms with Crippen LogP contribution in [0.15, 0.2) is 376 Å². The van der Waals surface area contributed by atoms with Crippen molar-refractivity contribution >= 4 is 108 Å². The minimum Gasteiger partial charge on any atom is -0.309 e. The summed E-state index contributed by atoms with van der Waals surface area (Å²) in [7, 11) is 0. The molecule has 0 amide bonds. The van der Waals surface area contributed by atoms with E-state index in [0.717, 1.165) is 0 Å². The van der Waals surface area contributed by atoms with E-state index in [-0.39, 0.29) is 0 Å². The third kappa shape index (κ3) is 9.89. The van der Waals surface area contributed by atoms with Crippen molar-refractivity contribution < 1.29 is 0 Å². The van der Waals surface area contributed by atoms with E-state index in [1.165, 1.54) is 186 Å². The van der Waals surface area contributed by atoms with Gasteiger partial charge in [0.2, 0.25) is 0 Å². The molecular formula is C96H62N2. The van der Waals surface area contributed by atoms with Crippen molar-refractivity contribution in [2.75, 3.05) is 0 Å². The minimum absolute atomic E-state index is 1.17. The lowest BCUT2D eigenvalue weighted by atomic mass is 9.94. The van der Waals surface area contributed by atoms with Gasteiger partial charge in [0.05, 0.1) is 22.1 Å². The molecule has 98 heavy (non-hydrogen) atoms. The molecule has 2 nitrogen and oxygen atoms in total. The zero-order chi connectivity index (χ0) is 64.6. The second kappa shape index (κ2) is 23.5. The van der Waals surface area contributed by atoms with Crippen molar-refractivity contribution in [1.29, 1.82) is 0 Å². The molecule has 0 unspecified atom stereocenters. The minimum atomic E-state index is 1.17. The number of fused-ring (bicyclic) bond motifs is 14. The Kier molecular flexibility index (Phi) is 13.6. The van der Waals surface area contributed by atoms with E-state index in [2.05, 4.69) is 385 Å². The molecule has 0 aliphatic carbocycles. The average Bonchev–Trinajstić information content (AvgIpc) is 1.58. The van der Waals surface area contributed by atoms with Gasteiger partial charge in [-0.3, -0.25) is 0 Å². The molecular weight excluding hydrogens is 1180 g/mol. The third-order valence-corrected chi connectivity index (χ3v) is 20.3. The van der Waals surface area contributed by atoms with Gasteiger partial charge in [0.15, 0.2) is 0 Å². The number of nitrogens with zero attached hydrogens (tertiary/aromatic N) is 2. The van der Waals surface area contributed by atoms with Gasteiger partial charge in [-0.25, -0.2) is 0 Å². The molecule has 0 N–H and O–H groups in total. The van der Waals surface area contributed by atoms with E-state index in [1.807, 2.05) is 0 Å². The van der Waals surface area contributed by atoms with E-state index in [4.69, 9.17) is 0 Å². The van der Waals surface area contributed by atoms with Crippen molar-refractivity contribution in [3.05, 3.63) is 376 Å². The topological polar surface area (TPSA) is 9.86 Å². The van der Waals surface area contributed by atoms with E-state index in [1.54, 1.807) is 0 Å². The second-order valence-electron chi connectivity index (χ2n) is 26.0. The van der Waals surface area contributed by atoms with Gasteiger partial charge in [0.25, 0.3) is 0 Å². The zero-order valence-corrected chi connectivity index (χ0v) is 53.7. The lowest BCUT2D eigenvalue weighted by Gasteiger charge is -2.11. The normalized spacial score (nSPS) is 11.7. The molecule has 0 bridgehead atoms. The van der Waals surface area contributed by atoms with Crippen molar-refractivity contribution in [2.45, 2.75) is 0 Å². The summed E-state index contributed by atoms with van der Waals surface area (Å²) in [5.41, 5.74) is 22.1. The highest BCUT2D eigenvalue weighted by Crippen LogP contribution is 2.42. The smallest absolute Gasteiger partial charge is 0.0547 e. The van der Waals surface area contributed by atoms with Gasteiger partial charge in [0, 0.05) is 32.9 Å². The molecule has 2 heterocycles. The Bertz CT molecular complexity index is 6500. The van der Waals surface area contributed by atoms with Crippen LogP contribution in [-0.4, -0.2) is 9.13 Å². The quantitative estimate of drug-likeness (QED) is 0.143. The second-order valence-corrected chi connectivity index (χ2v) is 26.0.